The van der Waals surface area contributed by atoms with Crippen molar-refractivity contribution in [3.63, 3.8) is 0 Å². The maximum absolute atomic E-state index is 12.2. The molecule has 0 aliphatic heterocycles. The third-order valence-corrected chi connectivity index (χ3v) is 2.96. The maximum Gasteiger partial charge on any atom is 0.387 e. The van der Waals surface area contributed by atoms with Crippen LogP contribution in [0.25, 0.3) is 0 Å². The fourth-order valence-electron chi connectivity index (χ4n) is 1.34. The minimum absolute atomic E-state index is 0.0708. The Morgan fingerprint density at radius 3 is 2.72 bits per heavy atom. The van der Waals surface area contributed by atoms with E-state index in [0.717, 1.165) is 0 Å². The lowest BCUT2D eigenvalue weighted by Crippen LogP contribution is -2.11. The Labute approximate surface area is 111 Å². The summed E-state index contributed by atoms with van der Waals surface area (Å²) in [7, 11) is 0. The summed E-state index contributed by atoms with van der Waals surface area (Å²) in [4.78, 5) is 11.4. The van der Waals surface area contributed by atoms with E-state index in [1.54, 1.807) is 6.92 Å². The molecule has 100 valence electrons. The quantitative estimate of drug-likeness (QED) is 0.668. The van der Waals surface area contributed by atoms with E-state index in [9.17, 15) is 13.6 Å². The minimum Gasteiger partial charge on any atom is -0.466 e. The lowest BCUT2D eigenvalue weighted by atomic mass is 10.1. The van der Waals surface area contributed by atoms with Crippen molar-refractivity contribution in [1.29, 1.82) is 0 Å². The summed E-state index contributed by atoms with van der Waals surface area (Å²) >= 11 is 3.09. The molecule has 4 nitrogen and oxygen atoms in total. The smallest absolute Gasteiger partial charge is 0.387 e. The molecule has 0 heterocycles. The number of alkyl halides is 2. The molecule has 18 heavy (non-hydrogen) atoms. The number of anilines is 1. The van der Waals surface area contributed by atoms with Crippen LogP contribution in [0.3, 0.4) is 0 Å². The predicted molar refractivity (Wildman–Crippen MR) is 65.5 cm³/mol. The molecule has 1 aromatic carbocycles. The summed E-state index contributed by atoms with van der Waals surface area (Å²) in [6.07, 6.45) is -0.110. The van der Waals surface area contributed by atoms with Crippen LogP contribution < -0.4 is 10.5 Å². The van der Waals surface area contributed by atoms with Crippen LogP contribution in [-0.4, -0.2) is 19.2 Å². The Hall–Kier alpha value is -1.37. The molecule has 7 heteroatoms. The normalized spacial score (nSPS) is 10.5. The van der Waals surface area contributed by atoms with E-state index in [1.165, 1.54) is 12.1 Å². The summed E-state index contributed by atoms with van der Waals surface area (Å²) < 4.78 is 33.6. The average molecular weight is 324 g/mol. The molecule has 0 saturated heterocycles. The number of rotatable bonds is 5. The third kappa shape index (κ3) is 3.83. The second-order valence-electron chi connectivity index (χ2n) is 3.31. The first-order chi connectivity index (χ1) is 8.45. The van der Waals surface area contributed by atoms with Gasteiger partial charge in [-0.25, -0.2) is 0 Å². The van der Waals surface area contributed by atoms with Crippen molar-refractivity contribution < 1.29 is 23.0 Å². The monoisotopic (exact) mass is 323 g/mol. The lowest BCUT2D eigenvalue weighted by Gasteiger charge is -2.12. The molecule has 2 N–H and O–H groups in total. The van der Waals surface area contributed by atoms with Gasteiger partial charge in [-0.05, 0) is 35.0 Å². The Morgan fingerprint density at radius 2 is 2.17 bits per heavy atom. The van der Waals surface area contributed by atoms with Crippen molar-refractivity contribution in [2.75, 3.05) is 12.3 Å². The van der Waals surface area contributed by atoms with Crippen LogP contribution >= 0.6 is 15.9 Å². The van der Waals surface area contributed by atoms with E-state index in [4.69, 9.17) is 10.5 Å². The van der Waals surface area contributed by atoms with Gasteiger partial charge in [-0.3, -0.25) is 4.79 Å². The molecular formula is C11H12BrF2NO3. The lowest BCUT2D eigenvalue weighted by molar-refractivity contribution is -0.142. The number of ether oxygens (including phenoxy) is 2. The van der Waals surface area contributed by atoms with Gasteiger partial charge in [-0.15, -0.1) is 0 Å². The van der Waals surface area contributed by atoms with Gasteiger partial charge in [-0.1, -0.05) is 0 Å². The second kappa shape index (κ2) is 6.53. The summed E-state index contributed by atoms with van der Waals surface area (Å²) in [5.74, 6) is -0.558. The van der Waals surface area contributed by atoms with Crippen molar-refractivity contribution in [2.45, 2.75) is 20.0 Å². The molecule has 1 rings (SSSR count). The number of carbonyl (C=O) groups excluding carboxylic acids is 1. The van der Waals surface area contributed by atoms with Crippen molar-refractivity contribution >= 4 is 27.6 Å². The van der Waals surface area contributed by atoms with Gasteiger partial charge in [0, 0.05) is 11.3 Å². The van der Waals surface area contributed by atoms with Gasteiger partial charge in [0.15, 0.2) is 0 Å². The van der Waals surface area contributed by atoms with Crippen LogP contribution in [0.15, 0.2) is 16.6 Å². The highest BCUT2D eigenvalue weighted by atomic mass is 79.9. The van der Waals surface area contributed by atoms with Gasteiger partial charge in [-0.2, -0.15) is 8.78 Å². The molecule has 0 spiro atoms. The Bertz CT molecular complexity index is 441. The molecule has 0 amide bonds. The van der Waals surface area contributed by atoms with Crippen molar-refractivity contribution in [3.05, 3.63) is 22.2 Å². The van der Waals surface area contributed by atoms with Crippen LogP contribution in [0.4, 0.5) is 14.5 Å². The Kier molecular flexibility index (Phi) is 5.33. The Morgan fingerprint density at radius 1 is 1.50 bits per heavy atom. The van der Waals surface area contributed by atoms with Crippen molar-refractivity contribution in [2.24, 2.45) is 0 Å². The first kappa shape index (κ1) is 14.7. The zero-order valence-corrected chi connectivity index (χ0v) is 11.2. The van der Waals surface area contributed by atoms with Gasteiger partial charge in [0.05, 0.1) is 17.5 Å². The number of hydrogen-bond donors (Lipinski definition) is 1. The molecule has 0 aliphatic carbocycles. The van der Waals surface area contributed by atoms with Crippen LogP contribution in [-0.2, 0) is 16.0 Å². The summed E-state index contributed by atoms with van der Waals surface area (Å²) in [5, 5.41) is 0. The maximum atomic E-state index is 12.2. The second-order valence-corrected chi connectivity index (χ2v) is 4.10. The number of hydrogen-bond acceptors (Lipinski definition) is 4. The van der Waals surface area contributed by atoms with Crippen LogP contribution in [0.1, 0.15) is 12.5 Å². The van der Waals surface area contributed by atoms with E-state index in [0.29, 0.717) is 11.3 Å². The number of nitrogen functional groups attached to an aromatic ring is 1. The molecule has 0 fully saturated rings. The van der Waals surface area contributed by atoms with Crippen LogP contribution in [0.5, 0.6) is 5.75 Å². The average Bonchev–Trinajstić information content (AvgIpc) is 2.28. The van der Waals surface area contributed by atoms with E-state index in [1.807, 2.05) is 0 Å². The van der Waals surface area contributed by atoms with Gasteiger partial charge < -0.3 is 15.2 Å². The highest BCUT2D eigenvalue weighted by molar-refractivity contribution is 9.10. The van der Waals surface area contributed by atoms with Crippen molar-refractivity contribution in [1.82, 2.24) is 0 Å². The summed E-state index contributed by atoms with van der Waals surface area (Å²) in [6.45, 7) is -1.03. The van der Waals surface area contributed by atoms with E-state index < -0.39 is 12.6 Å². The summed E-state index contributed by atoms with van der Waals surface area (Å²) in [5.41, 5.74) is 6.35. The topological polar surface area (TPSA) is 61.5 Å². The minimum atomic E-state index is -2.94. The van der Waals surface area contributed by atoms with Gasteiger partial charge in [0.2, 0.25) is 0 Å². The number of esters is 1. The predicted octanol–water partition coefficient (Wildman–Crippen LogP) is 2.74. The largest absolute Gasteiger partial charge is 0.466 e. The molecule has 0 radical (unpaired) electrons. The Balaban J connectivity index is 2.99. The first-order valence-corrected chi connectivity index (χ1v) is 5.92. The molecule has 0 aromatic heterocycles. The van der Waals surface area contributed by atoms with Crippen LogP contribution in [0.2, 0.25) is 0 Å². The fraction of sp³-hybridized carbons (Fsp3) is 0.364. The van der Waals surface area contributed by atoms with Crippen molar-refractivity contribution in [3.8, 4) is 5.75 Å². The van der Waals surface area contributed by atoms with E-state index in [-0.39, 0.29) is 23.2 Å². The highest BCUT2D eigenvalue weighted by Gasteiger charge is 2.17. The molecule has 0 atom stereocenters. The molecular weight excluding hydrogens is 312 g/mol. The fourth-order valence-corrected chi connectivity index (χ4v) is 1.93. The SMILES string of the molecule is CCOC(=O)Cc1c(N)ccc(OC(F)F)c1Br. The zero-order chi connectivity index (χ0) is 13.7. The van der Waals surface area contributed by atoms with Gasteiger partial charge in [0.25, 0.3) is 0 Å². The highest BCUT2D eigenvalue weighted by Crippen LogP contribution is 2.34. The first-order valence-electron chi connectivity index (χ1n) is 5.13. The number of carbonyl (C=O) groups is 1. The molecule has 0 unspecified atom stereocenters. The number of benzene rings is 1. The molecule has 0 saturated carbocycles. The molecule has 1 aromatic rings. The number of halogens is 3. The summed E-state index contributed by atoms with van der Waals surface area (Å²) in [6, 6.07) is 2.71. The standard InChI is InChI=1S/C11H12BrF2NO3/c1-2-17-9(16)5-6-7(15)3-4-8(10(6)12)18-11(13)14/h3-4,11H,2,5,15H2,1H3. The van der Waals surface area contributed by atoms with Gasteiger partial charge >= 0.3 is 12.6 Å². The third-order valence-electron chi connectivity index (χ3n) is 2.09. The molecule has 0 bridgehead atoms. The molecule has 0 aliphatic rings. The van der Waals surface area contributed by atoms with Gasteiger partial charge in [0.1, 0.15) is 5.75 Å². The van der Waals surface area contributed by atoms with E-state index >= 15 is 0 Å². The van der Waals surface area contributed by atoms with Crippen LogP contribution in [0, 0.1) is 0 Å². The zero-order valence-electron chi connectivity index (χ0n) is 9.58. The van der Waals surface area contributed by atoms with E-state index in [2.05, 4.69) is 20.7 Å². The number of nitrogens with two attached hydrogens (primary N) is 1.